The van der Waals surface area contributed by atoms with Crippen molar-refractivity contribution in [1.29, 1.82) is 0 Å². The topological polar surface area (TPSA) is 96.3 Å². The molecular formula is C25H27N5O3. The number of carbonyl (C=O) groups excluding carboxylic acids is 3. The number of hydrogen-bond acceptors (Lipinski definition) is 4. The normalized spacial score (nSPS) is 16.7. The average Bonchev–Trinajstić information content (AvgIpc) is 3.34. The minimum Gasteiger partial charge on any atom is -0.342 e. The summed E-state index contributed by atoms with van der Waals surface area (Å²) in [4.78, 5) is 43.9. The molecule has 3 aromatic rings. The highest BCUT2D eigenvalue weighted by molar-refractivity contribution is 6.22. The van der Waals surface area contributed by atoms with E-state index >= 15 is 0 Å². The van der Waals surface area contributed by atoms with Crippen molar-refractivity contribution in [2.24, 2.45) is 7.05 Å². The maximum Gasteiger partial charge on any atom is 0.329 e. The van der Waals surface area contributed by atoms with Crippen LogP contribution in [0.2, 0.25) is 0 Å². The van der Waals surface area contributed by atoms with Crippen LogP contribution in [0, 0.1) is 0 Å². The number of rotatable bonds is 7. The molecule has 1 fully saturated rings. The Balaban J connectivity index is 1.48. The van der Waals surface area contributed by atoms with Gasteiger partial charge in [0.1, 0.15) is 17.9 Å². The van der Waals surface area contributed by atoms with E-state index in [9.17, 15) is 14.4 Å². The van der Waals surface area contributed by atoms with E-state index in [4.69, 9.17) is 0 Å². The van der Waals surface area contributed by atoms with Crippen molar-refractivity contribution in [3.8, 4) is 0 Å². The minimum atomic E-state index is -0.930. The van der Waals surface area contributed by atoms with Gasteiger partial charge >= 0.3 is 6.03 Å². The smallest absolute Gasteiger partial charge is 0.329 e. The van der Waals surface area contributed by atoms with Crippen molar-refractivity contribution in [3.05, 3.63) is 83.9 Å². The number of carbonyl (C=O) groups is 3. The number of aromatic nitrogens is 2. The third-order valence-electron chi connectivity index (χ3n) is 5.78. The van der Waals surface area contributed by atoms with E-state index in [0.717, 1.165) is 16.0 Å². The second kappa shape index (κ2) is 9.28. The molecule has 4 amide bonds. The van der Waals surface area contributed by atoms with Crippen molar-refractivity contribution < 1.29 is 14.4 Å². The predicted molar refractivity (Wildman–Crippen MR) is 125 cm³/mol. The largest absolute Gasteiger partial charge is 0.342 e. The molecule has 8 heteroatoms. The van der Waals surface area contributed by atoms with Crippen LogP contribution in [0.3, 0.4) is 0 Å². The van der Waals surface area contributed by atoms with Crippen LogP contribution >= 0.6 is 0 Å². The molecule has 2 atom stereocenters. The molecule has 1 aromatic heterocycles. The van der Waals surface area contributed by atoms with Gasteiger partial charge in [0.2, 0.25) is 5.91 Å². The van der Waals surface area contributed by atoms with Gasteiger partial charge in [-0.15, -0.1) is 0 Å². The number of urea groups is 1. The van der Waals surface area contributed by atoms with E-state index in [1.54, 1.807) is 24.5 Å². The summed E-state index contributed by atoms with van der Waals surface area (Å²) in [6.07, 6.45) is 3.31. The number of imide groups is 1. The van der Waals surface area contributed by atoms with Gasteiger partial charge in [-0.05, 0) is 29.2 Å². The lowest BCUT2D eigenvalue weighted by Gasteiger charge is -2.20. The van der Waals surface area contributed by atoms with Crippen LogP contribution in [0.5, 0.6) is 0 Å². The monoisotopic (exact) mass is 445 g/mol. The molecule has 1 aliphatic heterocycles. The second-order valence-electron chi connectivity index (χ2n) is 8.43. The maximum atomic E-state index is 13.0. The molecule has 0 aliphatic carbocycles. The van der Waals surface area contributed by atoms with Gasteiger partial charge in [-0.2, -0.15) is 0 Å². The molecule has 1 unspecified atom stereocenters. The fraction of sp³-hybridized carbons (Fsp3) is 0.280. The number of benzene rings is 2. The average molecular weight is 446 g/mol. The molecular weight excluding hydrogens is 418 g/mol. The van der Waals surface area contributed by atoms with Gasteiger partial charge in [0, 0.05) is 19.4 Å². The number of anilines is 1. The highest BCUT2D eigenvalue weighted by atomic mass is 16.2. The standard InChI is InChI=1S/C25H27N5O3/c1-16(2)17-9-11-19(12-10-17)30-24(32)20(27-25(30)33)15-21(31)28-22(18-7-5-4-6-8-18)23-26-13-14-29(23)3/h4-14,16,20,22H,15H2,1-3H3,(H,27,33)(H,28,31)/t20-,22?/m0/s1. The van der Waals surface area contributed by atoms with Crippen LogP contribution in [0.1, 0.15) is 49.2 Å². The van der Waals surface area contributed by atoms with Crippen molar-refractivity contribution in [1.82, 2.24) is 20.2 Å². The van der Waals surface area contributed by atoms with E-state index in [1.807, 2.05) is 54.1 Å². The van der Waals surface area contributed by atoms with Gasteiger partial charge in [0.15, 0.2) is 0 Å². The molecule has 170 valence electrons. The van der Waals surface area contributed by atoms with E-state index in [0.29, 0.717) is 17.4 Å². The molecule has 0 saturated carbocycles. The Labute approximate surface area is 192 Å². The summed E-state index contributed by atoms with van der Waals surface area (Å²) in [5, 5.41) is 5.60. The summed E-state index contributed by atoms with van der Waals surface area (Å²) >= 11 is 0. The van der Waals surface area contributed by atoms with Crippen molar-refractivity contribution in [2.75, 3.05) is 4.90 Å². The van der Waals surface area contributed by atoms with Crippen LogP contribution in [0.25, 0.3) is 0 Å². The summed E-state index contributed by atoms with van der Waals surface area (Å²) in [7, 11) is 1.85. The first-order valence-corrected chi connectivity index (χ1v) is 10.9. The number of hydrogen-bond donors (Lipinski definition) is 2. The number of nitrogens with one attached hydrogen (secondary N) is 2. The van der Waals surface area contributed by atoms with Gasteiger partial charge in [-0.3, -0.25) is 9.59 Å². The third-order valence-corrected chi connectivity index (χ3v) is 5.78. The quantitative estimate of drug-likeness (QED) is 0.546. The fourth-order valence-electron chi connectivity index (χ4n) is 3.93. The Morgan fingerprint density at radius 3 is 2.36 bits per heavy atom. The maximum absolute atomic E-state index is 13.0. The first-order valence-electron chi connectivity index (χ1n) is 10.9. The lowest BCUT2D eigenvalue weighted by atomic mass is 10.0. The number of amides is 4. The molecule has 8 nitrogen and oxygen atoms in total. The Morgan fingerprint density at radius 1 is 1.06 bits per heavy atom. The van der Waals surface area contributed by atoms with Crippen LogP contribution in [-0.2, 0) is 16.6 Å². The molecule has 1 saturated heterocycles. The van der Waals surface area contributed by atoms with Crippen LogP contribution in [0.4, 0.5) is 10.5 Å². The van der Waals surface area contributed by atoms with E-state index in [2.05, 4.69) is 29.5 Å². The summed E-state index contributed by atoms with van der Waals surface area (Å²) in [5.74, 6) is 0.210. The van der Waals surface area contributed by atoms with Gasteiger partial charge in [0.05, 0.1) is 12.1 Å². The summed E-state index contributed by atoms with van der Waals surface area (Å²) < 4.78 is 1.84. The first-order chi connectivity index (χ1) is 15.8. The van der Waals surface area contributed by atoms with Crippen LogP contribution in [-0.4, -0.2) is 33.4 Å². The zero-order chi connectivity index (χ0) is 23.5. The van der Waals surface area contributed by atoms with Crippen molar-refractivity contribution in [2.45, 2.75) is 38.3 Å². The zero-order valence-electron chi connectivity index (χ0n) is 18.9. The van der Waals surface area contributed by atoms with Crippen LogP contribution < -0.4 is 15.5 Å². The molecule has 2 heterocycles. The fourth-order valence-corrected chi connectivity index (χ4v) is 3.93. The molecule has 0 radical (unpaired) electrons. The molecule has 2 N–H and O–H groups in total. The Bertz CT molecular complexity index is 1150. The highest BCUT2D eigenvalue weighted by Gasteiger charge is 2.40. The molecule has 2 aromatic carbocycles. The third kappa shape index (κ3) is 4.64. The molecule has 33 heavy (non-hydrogen) atoms. The summed E-state index contributed by atoms with van der Waals surface area (Å²) in [6, 6.07) is 14.9. The summed E-state index contributed by atoms with van der Waals surface area (Å²) in [6.45, 7) is 4.15. The summed E-state index contributed by atoms with van der Waals surface area (Å²) in [5.41, 5.74) is 2.47. The Morgan fingerprint density at radius 2 is 1.76 bits per heavy atom. The zero-order valence-corrected chi connectivity index (χ0v) is 18.9. The number of aryl methyl sites for hydroxylation is 1. The molecule has 0 spiro atoms. The first kappa shape index (κ1) is 22.3. The number of nitrogens with zero attached hydrogens (tertiary/aromatic N) is 3. The minimum absolute atomic E-state index is 0.168. The SMILES string of the molecule is CC(C)c1ccc(N2C(=O)N[C@@H](CC(=O)NC(c3ccccc3)c3nccn3C)C2=O)cc1. The van der Waals surface area contributed by atoms with Gasteiger partial charge in [-0.1, -0.05) is 56.3 Å². The van der Waals surface area contributed by atoms with Crippen LogP contribution in [0.15, 0.2) is 67.0 Å². The molecule has 4 rings (SSSR count). The van der Waals surface area contributed by atoms with Crippen molar-refractivity contribution >= 4 is 23.5 Å². The van der Waals surface area contributed by atoms with E-state index in [1.165, 1.54) is 0 Å². The van der Waals surface area contributed by atoms with E-state index < -0.39 is 24.0 Å². The highest BCUT2D eigenvalue weighted by Crippen LogP contribution is 2.25. The Hall–Kier alpha value is -3.94. The second-order valence-corrected chi connectivity index (χ2v) is 8.43. The van der Waals surface area contributed by atoms with Gasteiger partial charge < -0.3 is 15.2 Å². The lowest BCUT2D eigenvalue weighted by Crippen LogP contribution is -2.38. The van der Waals surface area contributed by atoms with Gasteiger partial charge in [-0.25, -0.2) is 14.7 Å². The molecule has 1 aliphatic rings. The van der Waals surface area contributed by atoms with Gasteiger partial charge in [0.25, 0.3) is 5.91 Å². The van der Waals surface area contributed by atoms with E-state index in [-0.39, 0.29) is 12.3 Å². The van der Waals surface area contributed by atoms with Crippen molar-refractivity contribution in [3.63, 3.8) is 0 Å². The Kier molecular flexibility index (Phi) is 6.26. The lowest BCUT2D eigenvalue weighted by molar-refractivity contribution is -0.126. The predicted octanol–water partition coefficient (Wildman–Crippen LogP) is 3.26. The number of imidazole rings is 1. The molecule has 0 bridgehead atoms.